The molecule has 1 aromatic rings. The smallest absolute Gasteiger partial charge is 0.248 e. The molecule has 7 heteroatoms. The van der Waals surface area contributed by atoms with Crippen molar-refractivity contribution in [2.45, 2.75) is 45.3 Å². The first-order valence-corrected chi connectivity index (χ1v) is 6.32. The molecule has 1 unspecified atom stereocenters. The van der Waals surface area contributed by atoms with Crippen molar-refractivity contribution in [1.82, 2.24) is 25.0 Å². The number of rotatable bonds is 3. The van der Waals surface area contributed by atoms with Crippen LogP contribution in [0, 0.1) is 0 Å². The number of nitrogens with one attached hydrogen (secondary N) is 1. The van der Waals surface area contributed by atoms with Crippen LogP contribution in [0.5, 0.6) is 0 Å². The molecule has 2 rings (SSSR count). The van der Waals surface area contributed by atoms with E-state index in [-0.39, 0.29) is 11.8 Å². The second kappa shape index (κ2) is 4.64. The minimum absolute atomic E-state index is 0.0954. The van der Waals surface area contributed by atoms with Crippen LogP contribution < -0.4 is 5.32 Å². The maximum Gasteiger partial charge on any atom is 0.248 e. The molecule has 1 atom stereocenters. The summed E-state index contributed by atoms with van der Waals surface area (Å²) in [4.78, 5) is 30.2. The van der Waals surface area contributed by atoms with Crippen molar-refractivity contribution >= 4 is 11.8 Å². The van der Waals surface area contributed by atoms with Gasteiger partial charge in [-0.15, -0.1) is 0 Å². The fourth-order valence-corrected chi connectivity index (χ4v) is 2.29. The molecule has 0 spiro atoms. The minimum Gasteiger partial charge on any atom is -0.340 e. The van der Waals surface area contributed by atoms with E-state index in [0.717, 1.165) is 0 Å². The van der Waals surface area contributed by atoms with Gasteiger partial charge >= 0.3 is 0 Å². The molecule has 1 fully saturated rings. The molecule has 0 aromatic carbocycles. The molecule has 2 amide bonds. The number of hydrogen-bond donors (Lipinski definition) is 1. The van der Waals surface area contributed by atoms with E-state index in [1.165, 1.54) is 6.33 Å². The van der Waals surface area contributed by atoms with Crippen LogP contribution >= 0.6 is 0 Å². The van der Waals surface area contributed by atoms with Crippen LogP contribution in [0.3, 0.4) is 0 Å². The molecule has 1 N–H and O–H groups in total. The van der Waals surface area contributed by atoms with Gasteiger partial charge in [-0.2, -0.15) is 5.10 Å². The van der Waals surface area contributed by atoms with Crippen LogP contribution in [0.1, 0.15) is 33.0 Å². The standard InChI is InChI=1S/C12H19N5O2/c1-5-8-10(18)15-12(2,3)11(19)17(8)6-9-13-7-14-16(9)4/h7-8H,5-6H2,1-4H3,(H,15,18). The van der Waals surface area contributed by atoms with Gasteiger partial charge in [0.2, 0.25) is 11.8 Å². The summed E-state index contributed by atoms with van der Waals surface area (Å²) in [5.74, 6) is 0.452. The molecule has 2 heterocycles. The summed E-state index contributed by atoms with van der Waals surface area (Å²) in [6.45, 7) is 5.61. The quantitative estimate of drug-likeness (QED) is 0.823. The lowest BCUT2D eigenvalue weighted by atomic mass is 9.96. The minimum atomic E-state index is -0.874. The van der Waals surface area contributed by atoms with E-state index in [2.05, 4.69) is 15.4 Å². The van der Waals surface area contributed by atoms with Crippen molar-refractivity contribution in [3.8, 4) is 0 Å². The molecule has 1 aliphatic rings. The molecular formula is C12H19N5O2. The van der Waals surface area contributed by atoms with E-state index >= 15 is 0 Å². The summed E-state index contributed by atoms with van der Waals surface area (Å²) in [5, 5.41) is 6.74. The van der Waals surface area contributed by atoms with E-state index in [0.29, 0.717) is 18.8 Å². The topological polar surface area (TPSA) is 80.1 Å². The van der Waals surface area contributed by atoms with Crippen molar-refractivity contribution in [2.75, 3.05) is 0 Å². The fraction of sp³-hybridized carbons (Fsp3) is 0.667. The zero-order chi connectivity index (χ0) is 14.2. The number of hydrogen-bond acceptors (Lipinski definition) is 4. The normalized spacial score (nSPS) is 22.5. The lowest BCUT2D eigenvalue weighted by Gasteiger charge is -2.42. The molecule has 104 valence electrons. The van der Waals surface area contributed by atoms with E-state index in [1.807, 2.05) is 6.92 Å². The summed E-state index contributed by atoms with van der Waals surface area (Å²) in [7, 11) is 1.77. The second-order valence-corrected chi connectivity index (χ2v) is 5.27. The first kappa shape index (κ1) is 13.5. The Kier molecular flexibility index (Phi) is 3.30. The molecule has 1 aliphatic heterocycles. The van der Waals surface area contributed by atoms with Crippen LogP contribution in [0.25, 0.3) is 0 Å². The van der Waals surface area contributed by atoms with Gasteiger partial charge in [0.05, 0.1) is 6.54 Å². The first-order chi connectivity index (χ1) is 8.86. The van der Waals surface area contributed by atoms with Crippen LogP contribution in [-0.2, 0) is 23.2 Å². The monoisotopic (exact) mass is 265 g/mol. The van der Waals surface area contributed by atoms with Crippen LogP contribution in [-0.4, -0.2) is 43.1 Å². The molecule has 0 bridgehead atoms. The zero-order valence-electron chi connectivity index (χ0n) is 11.7. The van der Waals surface area contributed by atoms with Crippen molar-refractivity contribution in [1.29, 1.82) is 0 Å². The highest BCUT2D eigenvalue weighted by molar-refractivity contribution is 5.99. The van der Waals surface area contributed by atoms with Gasteiger partial charge < -0.3 is 10.2 Å². The third-order valence-electron chi connectivity index (χ3n) is 3.41. The average Bonchev–Trinajstić information content (AvgIpc) is 2.71. The molecule has 0 radical (unpaired) electrons. The number of piperazine rings is 1. The molecule has 19 heavy (non-hydrogen) atoms. The highest BCUT2D eigenvalue weighted by atomic mass is 16.2. The first-order valence-electron chi connectivity index (χ1n) is 6.32. The molecule has 1 aromatic heterocycles. The Morgan fingerprint density at radius 3 is 2.63 bits per heavy atom. The molecule has 0 aliphatic carbocycles. The van der Waals surface area contributed by atoms with E-state index in [1.54, 1.807) is 30.5 Å². The summed E-state index contributed by atoms with van der Waals surface area (Å²) in [6, 6.07) is -0.447. The van der Waals surface area contributed by atoms with Crippen LogP contribution in [0.2, 0.25) is 0 Å². The summed E-state index contributed by atoms with van der Waals surface area (Å²) < 4.78 is 1.61. The number of aryl methyl sites for hydroxylation is 1. The summed E-state index contributed by atoms with van der Waals surface area (Å²) >= 11 is 0. The largest absolute Gasteiger partial charge is 0.340 e. The number of carbonyl (C=O) groups excluding carboxylic acids is 2. The van der Waals surface area contributed by atoms with Gasteiger partial charge in [-0.05, 0) is 20.3 Å². The third kappa shape index (κ3) is 2.32. The predicted molar refractivity (Wildman–Crippen MR) is 67.9 cm³/mol. The Morgan fingerprint density at radius 1 is 1.42 bits per heavy atom. The molecular weight excluding hydrogens is 246 g/mol. The third-order valence-corrected chi connectivity index (χ3v) is 3.41. The van der Waals surface area contributed by atoms with Crippen molar-refractivity contribution in [3.05, 3.63) is 12.2 Å². The highest BCUT2D eigenvalue weighted by Gasteiger charge is 2.44. The van der Waals surface area contributed by atoms with Gasteiger partial charge in [0.25, 0.3) is 0 Å². The Balaban J connectivity index is 2.30. The molecule has 7 nitrogen and oxygen atoms in total. The summed E-state index contributed by atoms with van der Waals surface area (Å²) in [6.07, 6.45) is 2.02. The Bertz CT molecular complexity index is 508. The highest BCUT2D eigenvalue weighted by Crippen LogP contribution is 2.21. The average molecular weight is 265 g/mol. The maximum atomic E-state index is 12.5. The lowest BCUT2D eigenvalue weighted by Crippen LogP contribution is -2.67. The van der Waals surface area contributed by atoms with Gasteiger partial charge in [0.1, 0.15) is 23.7 Å². The zero-order valence-corrected chi connectivity index (χ0v) is 11.7. The van der Waals surface area contributed by atoms with Gasteiger partial charge in [-0.3, -0.25) is 14.3 Å². The van der Waals surface area contributed by atoms with Gasteiger partial charge in [-0.1, -0.05) is 6.92 Å². The van der Waals surface area contributed by atoms with Crippen LogP contribution in [0.4, 0.5) is 0 Å². The van der Waals surface area contributed by atoms with E-state index < -0.39 is 11.6 Å². The number of carbonyl (C=O) groups is 2. The Labute approximate surface area is 112 Å². The lowest BCUT2D eigenvalue weighted by molar-refractivity contribution is -0.154. The van der Waals surface area contributed by atoms with Gasteiger partial charge in [0.15, 0.2) is 0 Å². The van der Waals surface area contributed by atoms with Crippen molar-refractivity contribution in [2.24, 2.45) is 7.05 Å². The predicted octanol–water partition coefficient (Wildman–Crippen LogP) is -0.169. The second-order valence-electron chi connectivity index (χ2n) is 5.27. The van der Waals surface area contributed by atoms with Crippen molar-refractivity contribution in [3.63, 3.8) is 0 Å². The fourth-order valence-electron chi connectivity index (χ4n) is 2.29. The van der Waals surface area contributed by atoms with Gasteiger partial charge in [-0.25, -0.2) is 4.98 Å². The number of amides is 2. The number of nitrogens with zero attached hydrogens (tertiary/aromatic N) is 4. The van der Waals surface area contributed by atoms with E-state index in [9.17, 15) is 9.59 Å². The molecule has 1 saturated heterocycles. The SMILES string of the molecule is CCC1C(=O)NC(C)(C)C(=O)N1Cc1ncnn1C. The van der Waals surface area contributed by atoms with Crippen LogP contribution in [0.15, 0.2) is 6.33 Å². The molecule has 0 saturated carbocycles. The Hall–Kier alpha value is -1.92. The number of aromatic nitrogens is 3. The maximum absolute atomic E-state index is 12.5. The Morgan fingerprint density at radius 2 is 2.11 bits per heavy atom. The van der Waals surface area contributed by atoms with Crippen molar-refractivity contribution < 1.29 is 9.59 Å². The summed E-state index contributed by atoms with van der Waals surface area (Å²) in [5.41, 5.74) is -0.874. The van der Waals surface area contributed by atoms with Gasteiger partial charge in [0, 0.05) is 7.05 Å². The van der Waals surface area contributed by atoms with E-state index in [4.69, 9.17) is 0 Å².